The van der Waals surface area contributed by atoms with E-state index in [4.69, 9.17) is 10.5 Å². The van der Waals surface area contributed by atoms with Crippen molar-refractivity contribution in [3.63, 3.8) is 0 Å². The van der Waals surface area contributed by atoms with Crippen molar-refractivity contribution in [1.29, 1.82) is 0 Å². The molecule has 1 saturated heterocycles. The van der Waals surface area contributed by atoms with E-state index in [-0.39, 0.29) is 0 Å². The van der Waals surface area contributed by atoms with E-state index in [9.17, 15) is 0 Å². The Morgan fingerprint density at radius 1 is 1.81 bits per heavy atom. The number of nitrogen functional groups attached to an aromatic ring is 1. The third-order valence-corrected chi connectivity index (χ3v) is 3.57. The van der Waals surface area contributed by atoms with E-state index in [0.29, 0.717) is 24.2 Å². The molecule has 1 aromatic heterocycles. The molecule has 0 amide bonds. The van der Waals surface area contributed by atoms with Crippen molar-refractivity contribution >= 4 is 33.8 Å². The molecule has 1 aliphatic heterocycles. The van der Waals surface area contributed by atoms with E-state index in [2.05, 4.69) is 29.9 Å². The van der Waals surface area contributed by atoms with Crippen LogP contribution in [0.25, 0.3) is 0 Å². The fourth-order valence-electron chi connectivity index (χ4n) is 1.36. The Morgan fingerprint density at radius 2 is 2.62 bits per heavy atom. The number of halogens is 1. The number of ether oxygens (including phenoxy) is 1. The van der Waals surface area contributed by atoms with Crippen molar-refractivity contribution in [2.75, 3.05) is 25.9 Å². The molecule has 16 heavy (non-hydrogen) atoms. The molecule has 1 atom stereocenters. The molecule has 0 unspecified atom stereocenters. The van der Waals surface area contributed by atoms with Crippen LogP contribution in [0.5, 0.6) is 5.88 Å². The second kappa shape index (κ2) is 5.22. The summed E-state index contributed by atoms with van der Waals surface area (Å²) in [4.78, 5) is 4.12. The zero-order valence-electron chi connectivity index (χ0n) is 8.81. The molecule has 1 aromatic rings. The van der Waals surface area contributed by atoms with E-state index in [1.54, 1.807) is 24.4 Å². The zero-order valence-corrected chi connectivity index (χ0v) is 11.2. The highest BCUT2D eigenvalue weighted by Gasteiger charge is 2.20. The number of nitrogens with two attached hydrogens (primary N) is 1. The highest BCUT2D eigenvalue weighted by atomic mass is 79.9. The molecular formula is C9H13BrN4OS. The Morgan fingerprint density at radius 3 is 3.25 bits per heavy atom. The van der Waals surface area contributed by atoms with Crippen LogP contribution >= 0.6 is 28.1 Å². The van der Waals surface area contributed by atoms with Crippen molar-refractivity contribution in [3.8, 4) is 5.88 Å². The number of nitrogens with one attached hydrogen (secondary N) is 1. The molecule has 0 aliphatic carbocycles. The van der Waals surface area contributed by atoms with Crippen LogP contribution in [0.2, 0.25) is 0 Å². The molecule has 88 valence electrons. The number of nitrogens with zero attached hydrogens (tertiary/aromatic N) is 2. The van der Waals surface area contributed by atoms with Gasteiger partial charge in [-0.3, -0.25) is 0 Å². The minimum atomic E-state index is 0.321. The Labute approximate surface area is 107 Å². The number of aromatic nitrogens is 1. The maximum Gasteiger partial charge on any atom is 0.228 e. The summed E-state index contributed by atoms with van der Waals surface area (Å²) in [6.07, 6.45) is 1.59. The van der Waals surface area contributed by atoms with Gasteiger partial charge in [0, 0.05) is 18.7 Å². The molecule has 0 radical (unpaired) electrons. The quantitative estimate of drug-likeness (QED) is 0.820. The van der Waals surface area contributed by atoms with Crippen LogP contribution in [0.4, 0.5) is 5.69 Å². The van der Waals surface area contributed by atoms with Gasteiger partial charge in [-0.1, -0.05) is 0 Å². The van der Waals surface area contributed by atoms with Gasteiger partial charge in [0.25, 0.3) is 0 Å². The topological polar surface area (TPSA) is 63.4 Å². The van der Waals surface area contributed by atoms with E-state index >= 15 is 0 Å². The molecule has 1 aliphatic rings. The Balaban J connectivity index is 1.89. The third kappa shape index (κ3) is 3.00. The Hall–Kier alpha value is -0.500. The lowest BCUT2D eigenvalue weighted by atomic mass is 10.3. The van der Waals surface area contributed by atoms with Gasteiger partial charge in [0.05, 0.1) is 22.4 Å². The van der Waals surface area contributed by atoms with E-state index in [0.717, 1.165) is 11.0 Å². The summed E-state index contributed by atoms with van der Waals surface area (Å²) in [7, 11) is 2.04. The monoisotopic (exact) mass is 304 g/mol. The first kappa shape index (κ1) is 12.0. The maximum atomic E-state index is 5.61. The zero-order chi connectivity index (χ0) is 11.5. The lowest BCUT2D eigenvalue weighted by Crippen LogP contribution is -2.29. The van der Waals surface area contributed by atoms with Crippen LogP contribution in [-0.4, -0.2) is 35.5 Å². The van der Waals surface area contributed by atoms with E-state index < -0.39 is 0 Å². The van der Waals surface area contributed by atoms with E-state index in [1.807, 2.05) is 7.05 Å². The van der Waals surface area contributed by atoms with Crippen molar-refractivity contribution < 1.29 is 4.74 Å². The Bertz CT molecular complexity index is 379. The van der Waals surface area contributed by atoms with Crippen LogP contribution in [0.1, 0.15) is 0 Å². The summed E-state index contributed by atoms with van der Waals surface area (Å²) in [5.41, 5.74) is 6.21. The fraction of sp³-hybridized carbons (Fsp3) is 0.444. The first-order valence-corrected chi connectivity index (χ1v) is 6.39. The van der Waals surface area contributed by atoms with Gasteiger partial charge in [-0.15, -0.1) is 0 Å². The van der Waals surface area contributed by atoms with Crippen molar-refractivity contribution in [1.82, 2.24) is 14.0 Å². The number of hydrogen-bond acceptors (Lipinski definition) is 6. The molecule has 3 N–H and O–H groups in total. The summed E-state index contributed by atoms with van der Waals surface area (Å²) in [5, 5.41) is 0. The lowest BCUT2D eigenvalue weighted by molar-refractivity contribution is 0.266. The number of likely N-dealkylation sites (N-methyl/N-ethyl adjacent to an activating group) is 1. The van der Waals surface area contributed by atoms with Crippen LogP contribution < -0.4 is 15.2 Å². The summed E-state index contributed by atoms with van der Waals surface area (Å²) >= 11 is 4.96. The van der Waals surface area contributed by atoms with E-state index in [1.165, 1.54) is 0 Å². The van der Waals surface area contributed by atoms with Gasteiger partial charge in [0.15, 0.2) is 0 Å². The number of rotatable bonds is 3. The van der Waals surface area contributed by atoms with Crippen LogP contribution in [0, 0.1) is 0 Å². The highest BCUT2D eigenvalue weighted by molar-refractivity contribution is 9.10. The van der Waals surface area contributed by atoms with Crippen LogP contribution in [0.15, 0.2) is 16.7 Å². The average molecular weight is 305 g/mol. The number of pyridine rings is 1. The third-order valence-electron chi connectivity index (χ3n) is 2.10. The molecule has 5 nitrogen and oxygen atoms in total. The first-order valence-electron chi connectivity index (χ1n) is 4.82. The van der Waals surface area contributed by atoms with Gasteiger partial charge in [-0.25, -0.2) is 14.0 Å². The molecule has 7 heteroatoms. The molecule has 2 heterocycles. The van der Waals surface area contributed by atoms with Gasteiger partial charge in [0.1, 0.15) is 6.61 Å². The van der Waals surface area contributed by atoms with Crippen LogP contribution in [-0.2, 0) is 0 Å². The molecule has 0 saturated carbocycles. The summed E-state index contributed by atoms with van der Waals surface area (Å²) in [6.45, 7) is 1.55. The minimum absolute atomic E-state index is 0.321. The molecular weight excluding hydrogens is 292 g/mol. The molecule has 2 rings (SSSR count). The lowest BCUT2D eigenvalue weighted by Gasteiger charge is -2.11. The van der Waals surface area contributed by atoms with Crippen molar-refractivity contribution in [3.05, 3.63) is 16.7 Å². The fourth-order valence-corrected chi connectivity index (χ4v) is 2.57. The van der Waals surface area contributed by atoms with Crippen LogP contribution in [0.3, 0.4) is 0 Å². The first-order chi connectivity index (χ1) is 7.65. The normalized spacial score (nSPS) is 21.2. The second-order valence-electron chi connectivity index (χ2n) is 3.58. The summed E-state index contributed by atoms with van der Waals surface area (Å²) < 4.78 is 11.8. The largest absolute Gasteiger partial charge is 0.475 e. The second-order valence-corrected chi connectivity index (χ2v) is 5.48. The standard InChI is InChI=1S/C9H13BrN4OS/c1-14-4-7(13-16-14)5-15-9-8(10)2-6(11)3-12-9/h2-3,7,13H,4-5,11H2,1H3/t7-/m0/s1. The highest BCUT2D eigenvalue weighted by Crippen LogP contribution is 2.24. The molecule has 0 aromatic carbocycles. The number of anilines is 1. The van der Waals surface area contributed by atoms with Crippen molar-refractivity contribution in [2.45, 2.75) is 6.04 Å². The maximum absolute atomic E-state index is 5.61. The summed E-state index contributed by atoms with van der Waals surface area (Å²) in [5.74, 6) is 0.579. The van der Waals surface area contributed by atoms with Gasteiger partial charge < -0.3 is 10.5 Å². The minimum Gasteiger partial charge on any atom is -0.475 e. The molecule has 0 spiro atoms. The number of hydrogen-bond donors (Lipinski definition) is 2. The van der Waals surface area contributed by atoms with Gasteiger partial charge in [-0.2, -0.15) is 0 Å². The van der Waals surface area contributed by atoms with Crippen molar-refractivity contribution in [2.24, 2.45) is 0 Å². The predicted octanol–water partition coefficient (Wildman–Crippen LogP) is 1.27. The average Bonchev–Trinajstić information content (AvgIpc) is 2.63. The smallest absolute Gasteiger partial charge is 0.228 e. The summed E-state index contributed by atoms with van der Waals surface area (Å²) in [6, 6.07) is 2.10. The predicted molar refractivity (Wildman–Crippen MR) is 69.0 cm³/mol. The molecule has 1 fully saturated rings. The molecule has 0 bridgehead atoms. The SMILES string of the molecule is CN1C[C@@H](COc2ncc(N)cc2Br)NS1. The van der Waals surface area contributed by atoms with Gasteiger partial charge in [-0.05, 0) is 29.0 Å². The Kier molecular flexibility index (Phi) is 3.91. The van der Waals surface area contributed by atoms with Gasteiger partial charge in [0.2, 0.25) is 5.88 Å². The van der Waals surface area contributed by atoms with Gasteiger partial charge >= 0.3 is 0 Å².